The maximum atomic E-state index is 11.8. The molecule has 1 amide bonds. The Morgan fingerprint density at radius 1 is 1.37 bits per heavy atom. The summed E-state index contributed by atoms with van der Waals surface area (Å²) >= 11 is 5.92. The first-order valence-corrected chi connectivity index (χ1v) is 6.62. The second-order valence-electron chi connectivity index (χ2n) is 4.21. The lowest BCUT2D eigenvalue weighted by molar-refractivity contribution is -0.00176. The van der Waals surface area contributed by atoms with Gasteiger partial charge in [-0.1, -0.05) is 23.7 Å². The fourth-order valence-corrected chi connectivity index (χ4v) is 2.04. The molecule has 0 bridgehead atoms. The predicted octanol–water partition coefficient (Wildman–Crippen LogP) is 1.33. The lowest BCUT2D eigenvalue weighted by Gasteiger charge is -2.26. The van der Waals surface area contributed by atoms with E-state index in [4.69, 9.17) is 21.2 Å². The van der Waals surface area contributed by atoms with Crippen molar-refractivity contribution in [2.75, 3.05) is 39.5 Å². The second kappa shape index (κ2) is 7.45. The number of carbonyl (C=O) groups excluding carboxylic acids is 1. The molecule has 5 nitrogen and oxygen atoms in total. The highest BCUT2D eigenvalue weighted by Gasteiger charge is 2.11. The summed E-state index contributed by atoms with van der Waals surface area (Å²) in [5.74, 6) is -0.326. The van der Waals surface area contributed by atoms with Gasteiger partial charge in [-0.15, -0.1) is 0 Å². The van der Waals surface area contributed by atoms with Gasteiger partial charge in [0.1, 0.15) is 0 Å². The Morgan fingerprint density at radius 2 is 2.11 bits per heavy atom. The summed E-state index contributed by atoms with van der Waals surface area (Å²) in [7, 11) is 0. The molecule has 0 aromatic heterocycles. The number of morpholine rings is 1. The van der Waals surface area contributed by atoms with Crippen molar-refractivity contribution in [1.29, 1.82) is 0 Å². The molecular weight excluding hydrogens is 268 g/mol. The van der Waals surface area contributed by atoms with E-state index in [9.17, 15) is 4.79 Å². The normalized spacial score (nSPS) is 16.3. The van der Waals surface area contributed by atoms with E-state index >= 15 is 0 Å². The number of ether oxygens (including phenoxy) is 1. The van der Waals surface area contributed by atoms with E-state index in [0.29, 0.717) is 17.2 Å². The highest BCUT2D eigenvalue weighted by molar-refractivity contribution is 6.33. The number of nitrogens with zero attached hydrogens (tertiary/aromatic N) is 1. The number of hydroxylamine groups is 1. The summed E-state index contributed by atoms with van der Waals surface area (Å²) in [6.07, 6.45) is 0. The molecule has 6 heteroatoms. The zero-order valence-corrected chi connectivity index (χ0v) is 11.4. The van der Waals surface area contributed by atoms with Crippen molar-refractivity contribution in [1.82, 2.24) is 10.4 Å². The van der Waals surface area contributed by atoms with E-state index < -0.39 is 0 Å². The average Bonchev–Trinajstić information content (AvgIpc) is 2.45. The zero-order chi connectivity index (χ0) is 13.5. The van der Waals surface area contributed by atoms with Gasteiger partial charge in [0.05, 0.1) is 30.4 Å². The molecule has 0 spiro atoms. The minimum Gasteiger partial charge on any atom is -0.379 e. The Bertz CT molecular complexity index is 422. The van der Waals surface area contributed by atoms with Gasteiger partial charge in [-0.3, -0.25) is 14.5 Å². The van der Waals surface area contributed by atoms with Crippen LogP contribution in [0.15, 0.2) is 24.3 Å². The van der Waals surface area contributed by atoms with E-state index in [-0.39, 0.29) is 5.91 Å². The molecule has 1 aliphatic rings. The van der Waals surface area contributed by atoms with E-state index in [0.717, 1.165) is 32.8 Å². The number of nitrogens with one attached hydrogen (secondary N) is 1. The minimum absolute atomic E-state index is 0.326. The van der Waals surface area contributed by atoms with Crippen LogP contribution in [-0.2, 0) is 9.57 Å². The Morgan fingerprint density at radius 3 is 2.84 bits per heavy atom. The Hall–Kier alpha value is -1.14. The number of hydrogen-bond acceptors (Lipinski definition) is 4. The molecule has 1 aliphatic heterocycles. The van der Waals surface area contributed by atoms with Crippen LogP contribution >= 0.6 is 11.6 Å². The standard InChI is InChI=1S/C13H17ClN2O3/c14-12-4-2-1-3-11(12)13(17)15-19-10-7-16-5-8-18-9-6-16/h1-4H,5-10H2,(H,15,17). The number of carbonyl (C=O) groups is 1. The second-order valence-corrected chi connectivity index (χ2v) is 4.62. The topological polar surface area (TPSA) is 50.8 Å². The van der Waals surface area contributed by atoms with E-state index in [1.165, 1.54) is 0 Å². The Balaban J connectivity index is 1.68. The van der Waals surface area contributed by atoms with E-state index in [2.05, 4.69) is 10.4 Å². The van der Waals surface area contributed by atoms with Crippen LogP contribution in [0.2, 0.25) is 5.02 Å². The lowest BCUT2D eigenvalue weighted by Crippen LogP contribution is -2.39. The fraction of sp³-hybridized carbons (Fsp3) is 0.462. The van der Waals surface area contributed by atoms with Crippen LogP contribution < -0.4 is 5.48 Å². The van der Waals surface area contributed by atoms with Crippen molar-refractivity contribution in [3.05, 3.63) is 34.9 Å². The average molecular weight is 285 g/mol. The largest absolute Gasteiger partial charge is 0.379 e. The van der Waals surface area contributed by atoms with Crippen molar-refractivity contribution >= 4 is 17.5 Å². The number of amides is 1. The van der Waals surface area contributed by atoms with Crippen LogP contribution in [0.4, 0.5) is 0 Å². The quantitative estimate of drug-likeness (QED) is 0.655. The minimum atomic E-state index is -0.326. The van der Waals surface area contributed by atoms with E-state index in [1.54, 1.807) is 24.3 Å². The molecule has 1 fully saturated rings. The maximum absolute atomic E-state index is 11.8. The summed E-state index contributed by atoms with van der Waals surface area (Å²) in [5.41, 5.74) is 2.81. The fourth-order valence-electron chi connectivity index (χ4n) is 1.82. The molecule has 1 aromatic rings. The molecule has 0 aliphatic carbocycles. The molecule has 0 saturated carbocycles. The molecule has 0 radical (unpaired) electrons. The Kier molecular flexibility index (Phi) is 5.60. The molecule has 0 atom stereocenters. The van der Waals surface area contributed by atoms with Crippen LogP contribution in [0.25, 0.3) is 0 Å². The van der Waals surface area contributed by atoms with Gasteiger partial charge in [0.2, 0.25) is 0 Å². The Labute approximate surface area is 117 Å². The summed E-state index contributed by atoms with van der Waals surface area (Å²) < 4.78 is 5.25. The van der Waals surface area contributed by atoms with Crippen molar-refractivity contribution in [3.63, 3.8) is 0 Å². The molecule has 19 heavy (non-hydrogen) atoms. The van der Waals surface area contributed by atoms with Crippen LogP contribution in [-0.4, -0.2) is 50.3 Å². The summed E-state index contributed by atoms with van der Waals surface area (Å²) in [4.78, 5) is 19.2. The monoisotopic (exact) mass is 284 g/mol. The van der Waals surface area contributed by atoms with Crippen LogP contribution in [0.3, 0.4) is 0 Å². The highest BCUT2D eigenvalue weighted by Crippen LogP contribution is 2.14. The maximum Gasteiger partial charge on any atom is 0.276 e. The zero-order valence-electron chi connectivity index (χ0n) is 10.6. The molecule has 1 aromatic carbocycles. The van der Waals surface area contributed by atoms with Crippen LogP contribution in [0.1, 0.15) is 10.4 Å². The summed E-state index contributed by atoms with van der Waals surface area (Å²) in [5, 5.41) is 0.414. The van der Waals surface area contributed by atoms with Crippen LogP contribution in [0.5, 0.6) is 0 Å². The van der Waals surface area contributed by atoms with Gasteiger partial charge in [0.25, 0.3) is 5.91 Å². The first-order chi connectivity index (χ1) is 9.27. The molecular formula is C13H17ClN2O3. The number of benzene rings is 1. The first-order valence-electron chi connectivity index (χ1n) is 6.24. The third-order valence-corrected chi connectivity index (χ3v) is 3.23. The van der Waals surface area contributed by atoms with Gasteiger partial charge in [0.15, 0.2) is 0 Å². The lowest BCUT2D eigenvalue weighted by atomic mass is 10.2. The summed E-state index contributed by atoms with van der Waals surface area (Å²) in [6.45, 7) is 4.53. The van der Waals surface area contributed by atoms with Gasteiger partial charge in [-0.05, 0) is 12.1 Å². The molecule has 104 valence electrons. The highest BCUT2D eigenvalue weighted by atomic mass is 35.5. The molecule has 0 unspecified atom stereocenters. The van der Waals surface area contributed by atoms with Gasteiger partial charge in [-0.25, -0.2) is 5.48 Å². The third kappa shape index (κ3) is 4.47. The smallest absolute Gasteiger partial charge is 0.276 e. The SMILES string of the molecule is O=C(NOCCN1CCOCC1)c1ccccc1Cl. The molecule has 1 heterocycles. The number of hydrogen-bond donors (Lipinski definition) is 1. The number of rotatable bonds is 5. The van der Waals surface area contributed by atoms with E-state index in [1.807, 2.05) is 0 Å². The molecule has 1 saturated heterocycles. The predicted molar refractivity (Wildman–Crippen MR) is 72.1 cm³/mol. The van der Waals surface area contributed by atoms with Crippen LogP contribution in [0, 0.1) is 0 Å². The third-order valence-electron chi connectivity index (χ3n) is 2.90. The van der Waals surface area contributed by atoms with Gasteiger partial charge >= 0.3 is 0 Å². The summed E-state index contributed by atoms with van der Waals surface area (Å²) in [6, 6.07) is 6.86. The number of halogens is 1. The van der Waals surface area contributed by atoms with Gasteiger partial charge in [-0.2, -0.15) is 0 Å². The van der Waals surface area contributed by atoms with Crippen molar-refractivity contribution in [2.24, 2.45) is 0 Å². The van der Waals surface area contributed by atoms with Gasteiger partial charge in [0, 0.05) is 19.6 Å². The van der Waals surface area contributed by atoms with Gasteiger partial charge < -0.3 is 4.74 Å². The van der Waals surface area contributed by atoms with Crippen molar-refractivity contribution in [3.8, 4) is 0 Å². The molecule has 2 rings (SSSR count). The van der Waals surface area contributed by atoms with Crippen molar-refractivity contribution in [2.45, 2.75) is 0 Å². The van der Waals surface area contributed by atoms with Crippen molar-refractivity contribution < 1.29 is 14.4 Å². The molecule has 1 N–H and O–H groups in total. The first kappa shape index (κ1) is 14.3.